The average Bonchev–Trinajstić information content (AvgIpc) is 3.51. The molecule has 19 heteroatoms. The van der Waals surface area contributed by atoms with Gasteiger partial charge in [0.15, 0.2) is 5.66 Å². The fourth-order valence-corrected chi connectivity index (χ4v) is 5.79. The van der Waals surface area contributed by atoms with E-state index in [0.29, 0.717) is 6.07 Å². The Morgan fingerprint density at radius 1 is 1.21 bits per heavy atom. The lowest BCUT2D eigenvalue weighted by atomic mass is 9.85. The van der Waals surface area contributed by atoms with Crippen LogP contribution in [0, 0.1) is 11.6 Å². The second-order valence-electron chi connectivity index (χ2n) is 10.2. The molecule has 1 aromatic rings. The van der Waals surface area contributed by atoms with Crippen LogP contribution in [0.4, 0.5) is 13.6 Å². The van der Waals surface area contributed by atoms with Crippen LogP contribution < -0.4 is 21.3 Å². The van der Waals surface area contributed by atoms with Gasteiger partial charge in [-0.3, -0.25) is 24.6 Å². The van der Waals surface area contributed by atoms with Gasteiger partial charge in [0.2, 0.25) is 27.4 Å². The topological polar surface area (TPSA) is 185 Å². The standard InChI is InChI=1S/C24H24Cl3F2N7O7/c1-10-30-18-14(7-35-16(37)4-5-17(35)38)31-20(33-21(40)43-9-22(25,26)27)36-8-15(24(41,42)23(18,36)34-10)32-19(39)12-6-11(28)2-3-13(12)29/h2-3,6,14-15,18,30,34,41-42H,1,4-5,7-9H2,(H,32,39)(H,31,33,40)/t14-,15?,18-,23-/m0/s1. The minimum absolute atomic E-state index is 0.0290. The number of aliphatic imine (C=N–C) groups is 1. The summed E-state index contributed by atoms with van der Waals surface area (Å²) in [4.78, 5) is 57.1. The van der Waals surface area contributed by atoms with Crippen molar-refractivity contribution < 1.29 is 42.9 Å². The second-order valence-corrected chi connectivity index (χ2v) is 12.7. The number of nitrogens with zero attached hydrogens (tertiary/aromatic N) is 3. The molecule has 0 aromatic heterocycles. The van der Waals surface area contributed by atoms with Gasteiger partial charge >= 0.3 is 6.09 Å². The molecule has 6 N–H and O–H groups in total. The molecule has 232 valence electrons. The van der Waals surface area contributed by atoms with Crippen LogP contribution >= 0.6 is 34.8 Å². The normalized spacial score (nSPS) is 27.7. The number of halogens is 5. The zero-order valence-corrected chi connectivity index (χ0v) is 24.1. The Morgan fingerprint density at radius 2 is 1.88 bits per heavy atom. The number of ether oxygens (including phenoxy) is 1. The fourth-order valence-electron chi connectivity index (χ4n) is 5.63. The lowest BCUT2D eigenvalue weighted by Crippen LogP contribution is -2.78. The number of hydrogen-bond donors (Lipinski definition) is 6. The number of hydrogen-bond acceptors (Lipinski definition) is 11. The van der Waals surface area contributed by atoms with Gasteiger partial charge in [-0.05, 0) is 18.2 Å². The van der Waals surface area contributed by atoms with E-state index in [4.69, 9.17) is 39.5 Å². The molecule has 4 aliphatic rings. The number of imide groups is 1. The van der Waals surface area contributed by atoms with E-state index in [2.05, 4.69) is 32.8 Å². The SMILES string of the molecule is C=C1N[C@H]2[C@H](CN3C(=O)CCC3=O)N=C(NC(=O)OCC(Cl)(Cl)Cl)N3CC(NC(=O)c4cc(F)ccc4F)C(O)(O)[C@]23N1. The molecule has 4 aliphatic heterocycles. The van der Waals surface area contributed by atoms with Gasteiger partial charge in [-0.1, -0.05) is 41.4 Å². The van der Waals surface area contributed by atoms with Crippen LogP contribution in [-0.4, -0.2) is 103 Å². The van der Waals surface area contributed by atoms with Crippen molar-refractivity contribution in [2.45, 2.75) is 46.2 Å². The number of rotatable bonds is 5. The van der Waals surface area contributed by atoms with Crippen LogP contribution in [0.5, 0.6) is 0 Å². The zero-order chi connectivity index (χ0) is 31.5. The molecule has 0 aliphatic carbocycles. The van der Waals surface area contributed by atoms with E-state index in [1.807, 2.05) is 0 Å². The maximum atomic E-state index is 14.4. The van der Waals surface area contributed by atoms with E-state index in [1.165, 1.54) is 4.90 Å². The molecule has 5 rings (SSSR count). The van der Waals surface area contributed by atoms with Crippen LogP contribution in [0.25, 0.3) is 0 Å². The Kier molecular flexibility index (Phi) is 7.88. The summed E-state index contributed by atoms with van der Waals surface area (Å²) in [6, 6.07) is -1.74. The Morgan fingerprint density at radius 3 is 2.53 bits per heavy atom. The van der Waals surface area contributed by atoms with Gasteiger partial charge in [-0.2, -0.15) is 0 Å². The molecule has 1 unspecified atom stereocenters. The van der Waals surface area contributed by atoms with Crippen molar-refractivity contribution >= 4 is 64.6 Å². The fraction of sp³-hybridized carbons (Fsp3) is 0.458. The third-order valence-electron chi connectivity index (χ3n) is 7.47. The number of carbonyl (C=O) groups excluding carboxylic acids is 4. The van der Waals surface area contributed by atoms with Crippen molar-refractivity contribution in [3.63, 3.8) is 0 Å². The first kappa shape index (κ1) is 31.0. The number of amides is 4. The molecular formula is C24H24Cl3F2N7O7. The van der Waals surface area contributed by atoms with Gasteiger partial charge in [0.1, 0.15) is 24.3 Å². The van der Waals surface area contributed by atoms with Gasteiger partial charge in [0.25, 0.3) is 5.91 Å². The quantitative estimate of drug-likeness (QED) is 0.139. The summed E-state index contributed by atoms with van der Waals surface area (Å²) in [6.45, 7) is 2.29. The van der Waals surface area contributed by atoms with Gasteiger partial charge in [0, 0.05) is 19.4 Å². The molecule has 43 heavy (non-hydrogen) atoms. The van der Waals surface area contributed by atoms with Crippen molar-refractivity contribution in [3.05, 3.63) is 47.8 Å². The molecule has 14 nitrogen and oxygen atoms in total. The average molecular weight is 667 g/mol. The molecule has 0 bridgehead atoms. The number of guanidine groups is 1. The predicted molar refractivity (Wildman–Crippen MR) is 145 cm³/mol. The maximum Gasteiger partial charge on any atom is 0.414 e. The number of likely N-dealkylation sites (tertiary alicyclic amines) is 1. The second kappa shape index (κ2) is 10.9. The highest BCUT2D eigenvalue weighted by molar-refractivity contribution is 6.67. The number of nitrogens with one attached hydrogen (secondary N) is 4. The monoisotopic (exact) mass is 665 g/mol. The Hall–Kier alpha value is -3.44. The third kappa shape index (κ3) is 5.53. The highest BCUT2D eigenvalue weighted by Crippen LogP contribution is 2.45. The smallest absolute Gasteiger partial charge is 0.414 e. The summed E-state index contributed by atoms with van der Waals surface area (Å²) in [5.74, 6) is -7.35. The number of aliphatic hydroxyl groups is 2. The summed E-state index contributed by atoms with van der Waals surface area (Å²) in [5.41, 5.74) is -2.78. The summed E-state index contributed by atoms with van der Waals surface area (Å²) < 4.78 is 31.1. The van der Waals surface area contributed by atoms with Gasteiger partial charge < -0.3 is 35.8 Å². The van der Waals surface area contributed by atoms with E-state index in [-0.39, 0.29) is 31.2 Å². The summed E-state index contributed by atoms with van der Waals surface area (Å²) in [6.07, 6.45) is -1.23. The predicted octanol–water partition coefficient (Wildman–Crippen LogP) is -0.228. The van der Waals surface area contributed by atoms with Gasteiger partial charge in [-0.15, -0.1) is 0 Å². The first-order valence-electron chi connectivity index (χ1n) is 12.7. The molecule has 0 saturated carbocycles. The zero-order valence-electron chi connectivity index (χ0n) is 21.9. The van der Waals surface area contributed by atoms with Crippen molar-refractivity contribution in [1.82, 2.24) is 31.1 Å². The molecule has 4 amide bonds. The van der Waals surface area contributed by atoms with Gasteiger partial charge in [0.05, 0.1) is 30.0 Å². The van der Waals surface area contributed by atoms with Crippen LogP contribution in [0.3, 0.4) is 0 Å². The molecule has 1 aromatic carbocycles. The minimum atomic E-state index is -2.95. The summed E-state index contributed by atoms with van der Waals surface area (Å²) in [7, 11) is 0. The molecular weight excluding hydrogens is 643 g/mol. The Bertz CT molecular complexity index is 1430. The van der Waals surface area contributed by atoms with Crippen molar-refractivity contribution in [3.8, 4) is 0 Å². The summed E-state index contributed by atoms with van der Waals surface area (Å²) in [5, 5.41) is 33.8. The lowest BCUT2D eigenvalue weighted by molar-refractivity contribution is -0.231. The van der Waals surface area contributed by atoms with E-state index in [1.54, 1.807) is 0 Å². The third-order valence-corrected chi connectivity index (χ3v) is 7.80. The minimum Gasteiger partial charge on any atom is -0.445 e. The van der Waals surface area contributed by atoms with E-state index < -0.39 is 87.5 Å². The van der Waals surface area contributed by atoms with E-state index in [0.717, 1.165) is 17.0 Å². The van der Waals surface area contributed by atoms with Crippen LogP contribution in [-0.2, 0) is 14.3 Å². The molecule has 1 spiro atoms. The van der Waals surface area contributed by atoms with Crippen LogP contribution in [0.2, 0.25) is 0 Å². The first-order valence-corrected chi connectivity index (χ1v) is 13.8. The summed E-state index contributed by atoms with van der Waals surface area (Å²) >= 11 is 17.0. The Balaban J connectivity index is 1.52. The van der Waals surface area contributed by atoms with E-state index in [9.17, 15) is 38.2 Å². The Labute approximate surface area is 256 Å². The molecule has 4 heterocycles. The first-order chi connectivity index (χ1) is 20.0. The molecule has 3 fully saturated rings. The molecule has 0 radical (unpaired) electrons. The van der Waals surface area contributed by atoms with E-state index >= 15 is 0 Å². The van der Waals surface area contributed by atoms with Gasteiger partial charge in [-0.25, -0.2) is 18.6 Å². The number of carbonyl (C=O) groups is 4. The van der Waals surface area contributed by atoms with Crippen LogP contribution in [0.15, 0.2) is 35.6 Å². The number of alkyl halides is 3. The maximum absolute atomic E-state index is 14.4. The number of benzene rings is 1. The van der Waals surface area contributed by atoms with Crippen molar-refractivity contribution in [1.29, 1.82) is 0 Å². The van der Waals surface area contributed by atoms with Crippen molar-refractivity contribution in [2.75, 3.05) is 19.7 Å². The highest BCUT2D eigenvalue weighted by Gasteiger charge is 2.74. The number of alkyl carbamates (subject to hydrolysis) is 1. The largest absolute Gasteiger partial charge is 0.445 e. The highest BCUT2D eigenvalue weighted by atomic mass is 35.6. The van der Waals surface area contributed by atoms with Crippen LogP contribution in [0.1, 0.15) is 23.2 Å². The molecule has 4 atom stereocenters. The molecule has 3 saturated heterocycles. The van der Waals surface area contributed by atoms with Crippen molar-refractivity contribution in [2.24, 2.45) is 4.99 Å². The lowest BCUT2D eigenvalue weighted by Gasteiger charge is -2.49.